The summed E-state index contributed by atoms with van der Waals surface area (Å²) in [6, 6.07) is 16.5. The molecule has 2 aromatic carbocycles. The molecule has 1 unspecified atom stereocenters. The van der Waals surface area contributed by atoms with E-state index in [4.69, 9.17) is 16.3 Å². The first-order chi connectivity index (χ1) is 9.76. The molecule has 0 radical (unpaired) electrons. The van der Waals surface area contributed by atoms with Crippen molar-refractivity contribution in [3.63, 3.8) is 0 Å². The summed E-state index contributed by atoms with van der Waals surface area (Å²) in [7, 11) is 1.64. The van der Waals surface area contributed by atoms with E-state index < -0.39 is 0 Å². The first kappa shape index (κ1) is 14.9. The minimum atomic E-state index is 0.155. The van der Waals surface area contributed by atoms with Gasteiger partial charge in [-0.15, -0.1) is 0 Å². The Hall–Kier alpha value is -1.51. The lowest BCUT2D eigenvalue weighted by atomic mass is 9.98. The average molecular weight is 290 g/mol. The lowest BCUT2D eigenvalue weighted by Crippen LogP contribution is -2.23. The molecule has 0 aromatic heterocycles. The molecule has 3 heteroatoms. The molecule has 0 spiro atoms. The zero-order valence-electron chi connectivity index (χ0n) is 11.9. The van der Waals surface area contributed by atoms with Crippen LogP contribution in [0.4, 0.5) is 0 Å². The van der Waals surface area contributed by atoms with E-state index in [9.17, 15) is 0 Å². The molecule has 0 aliphatic carbocycles. The van der Waals surface area contributed by atoms with Gasteiger partial charge in [0.15, 0.2) is 0 Å². The predicted octanol–water partition coefficient (Wildman–Crippen LogP) is 4.44. The SMILES string of the molecule is CCCNC(c1ccccc1)c1ccc(Cl)c(OC)c1. The van der Waals surface area contributed by atoms with Gasteiger partial charge in [-0.05, 0) is 36.2 Å². The number of benzene rings is 2. The number of ether oxygens (including phenoxy) is 1. The lowest BCUT2D eigenvalue weighted by molar-refractivity contribution is 0.414. The summed E-state index contributed by atoms with van der Waals surface area (Å²) in [5, 5.41) is 4.21. The zero-order chi connectivity index (χ0) is 14.4. The topological polar surface area (TPSA) is 21.3 Å². The zero-order valence-corrected chi connectivity index (χ0v) is 12.7. The monoisotopic (exact) mass is 289 g/mol. The Balaban J connectivity index is 2.36. The van der Waals surface area contributed by atoms with Crippen molar-refractivity contribution in [2.45, 2.75) is 19.4 Å². The van der Waals surface area contributed by atoms with Crippen LogP contribution in [-0.4, -0.2) is 13.7 Å². The van der Waals surface area contributed by atoms with Crippen molar-refractivity contribution >= 4 is 11.6 Å². The van der Waals surface area contributed by atoms with Gasteiger partial charge < -0.3 is 10.1 Å². The maximum atomic E-state index is 6.11. The van der Waals surface area contributed by atoms with Crippen LogP contribution in [0.15, 0.2) is 48.5 Å². The van der Waals surface area contributed by atoms with Crippen molar-refractivity contribution in [2.24, 2.45) is 0 Å². The van der Waals surface area contributed by atoms with Crippen LogP contribution in [0.2, 0.25) is 5.02 Å². The van der Waals surface area contributed by atoms with Crippen LogP contribution in [0, 0.1) is 0 Å². The van der Waals surface area contributed by atoms with Crippen LogP contribution in [0.3, 0.4) is 0 Å². The number of methoxy groups -OCH3 is 1. The highest BCUT2D eigenvalue weighted by molar-refractivity contribution is 6.32. The van der Waals surface area contributed by atoms with Crippen molar-refractivity contribution < 1.29 is 4.74 Å². The molecule has 0 bridgehead atoms. The van der Waals surface area contributed by atoms with Gasteiger partial charge in [-0.25, -0.2) is 0 Å². The van der Waals surface area contributed by atoms with Crippen LogP contribution in [-0.2, 0) is 0 Å². The standard InChI is InChI=1S/C17H20ClNO/c1-3-11-19-17(13-7-5-4-6-8-13)14-9-10-15(18)16(12-14)20-2/h4-10,12,17,19H,3,11H2,1-2H3. The second kappa shape index (κ2) is 7.32. The van der Waals surface area contributed by atoms with Crippen LogP contribution < -0.4 is 10.1 Å². The Labute approximate surface area is 125 Å². The Morgan fingerprint density at radius 1 is 1.10 bits per heavy atom. The molecule has 0 heterocycles. The van der Waals surface area contributed by atoms with E-state index in [0.717, 1.165) is 18.5 Å². The van der Waals surface area contributed by atoms with E-state index in [-0.39, 0.29) is 6.04 Å². The minimum absolute atomic E-state index is 0.155. The summed E-state index contributed by atoms with van der Waals surface area (Å²) in [6.45, 7) is 3.13. The molecule has 0 aliphatic rings. The van der Waals surface area contributed by atoms with Gasteiger partial charge in [-0.3, -0.25) is 0 Å². The minimum Gasteiger partial charge on any atom is -0.495 e. The molecule has 2 rings (SSSR count). The second-order valence-corrected chi connectivity index (χ2v) is 5.10. The van der Waals surface area contributed by atoms with Gasteiger partial charge >= 0.3 is 0 Å². The largest absolute Gasteiger partial charge is 0.495 e. The highest BCUT2D eigenvalue weighted by atomic mass is 35.5. The number of halogens is 1. The molecule has 0 saturated heterocycles. The fraction of sp³-hybridized carbons (Fsp3) is 0.294. The summed E-state index contributed by atoms with van der Waals surface area (Å²) >= 11 is 6.11. The summed E-state index contributed by atoms with van der Waals surface area (Å²) in [5.41, 5.74) is 2.40. The van der Waals surface area contributed by atoms with Crippen LogP contribution in [0.25, 0.3) is 0 Å². The first-order valence-electron chi connectivity index (χ1n) is 6.88. The Morgan fingerprint density at radius 2 is 1.85 bits per heavy atom. The second-order valence-electron chi connectivity index (χ2n) is 4.69. The van der Waals surface area contributed by atoms with E-state index in [1.54, 1.807) is 7.11 Å². The number of nitrogens with one attached hydrogen (secondary N) is 1. The van der Waals surface area contributed by atoms with Crippen LogP contribution >= 0.6 is 11.6 Å². The average Bonchev–Trinajstić information content (AvgIpc) is 2.50. The van der Waals surface area contributed by atoms with Crippen molar-refractivity contribution in [1.82, 2.24) is 5.32 Å². The van der Waals surface area contributed by atoms with Crippen molar-refractivity contribution in [3.8, 4) is 5.75 Å². The third kappa shape index (κ3) is 3.53. The highest BCUT2D eigenvalue weighted by Crippen LogP contribution is 2.30. The van der Waals surface area contributed by atoms with Gasteiger partial charge in [0.05, 0.1) is 18.2 Å². The fourth-order valence-electron chi connectivity index (χ4n) is 2.22. The van der Waals surface area contributed by atoms with Gasteiger partial charge in [-0.2, -0.15) is 0 Å². The van der Waals surface area contributed by atoms with Gasteiger partial charge in [-0.1, -0.05) is 54.9 Å². The molecule has 1 atom stereocenters. The summed E-state index contributed by atoms with van der Waals surface area (Å²) < 4.78 is 5.32. The molecular weight excluding hydrogens is 270 g/mol. The molecule has 2 aromatic rings. The van der Waals surface area contributed by atoms with E-state index in [0.29, 0.717) is 10.8 Å². The third-order valence-electron chi connectivity index (χ3n) is 3.24. The normalized spacial score (nSPS) is 12.2. The molecule has 0 amide bonds. The van der Waals surface area contributed by atoms with Crippen molar-refractivity contribution in [2.75, 3.05) is 13.7 Å². The quantitative estimate of drug-likeness (QED) is 0.849. The summed E-state index contributed by atoms with van der Waals surface area (Å²) in [6.07, 6.45) is 1.09. The summed E-state index contributed by atoms with van der Waals surface area (Å²) in [4.78, 5) is 0. The summed E-state index contributed by atoms with van der Waals surface area (Å²) in [5.74, 6) is 0.711. The molecule has 0 aliphatic heterocycles. The maximum Gasteiger partial charge on any atom is 0.137 e. The van der Waals surface area contributed by atoms with E-state index >= 15 is 0 Å². The Bertz CT molecular complexity index is 542. The van der Waals surface area contributed by atoms with Crippen LogP contribution in [0.1, 0.15) is 30.5 Å². The maximum absolute atomic E-state index is 6.11. The Kier molecular flexibility index (Phi) is 5.45. The van der Waals surface area contributed by atoms with Gasteiger partial charge in [0, 0.05) is 0 Å². The number of rotatable bonds is 6. The number of hydrogen-bond acceptors (Lipinski definition) is 2. The molecule has 0 fully saturated rings. The van der Waals surface area contributed by atoms with E-state index in [1.165, 1.54) is 5.56 Å². The lowest BCUT2D eigenvalue weighted by Gasteiger charge is -2.20. The van der Waals surface area contributed by atoms with Crippen LogP contribution in [0.5, 0.6) is 5.75 Å². The van der Waals surface area contributed by atoms with Gasteiger partial charge in [0.25, 0.3) is 0 Å². The smallest absolute Gasteiger partial charge is 0.137 e. The third-order valence-corrected chi connectivity index (χ3v) is 3.55. The first-order valence-corrected chi connectivity index (χ1v) is 7.25. The van der Waals surface area contributed by atoms with Crippen molar-refractivity contribution in [3.05, 3.63) is 64.7 Å². The number of hydrogen-bond donors (Lipinski definition) is 1. The highest BCUT2D eigenvalue weighted by Gasteiger charge is 2.14. The molecular formula is C17H20ClNO. The Morgan fingerprint density at radius 3 is 2.50 bits per heavy atom. The van der Waals surface area contributed by atoms with E-state index in [1.807, 2.05) is 24.3 Å². The molecule has 20 heavy (non-hydrogen) atoms. The predicted molar refractivity (Wildman–Crippen MR) is 84.6 cm³/mol. The van der Waals surface area contributed by atoms with Gasteiger partial charge in [0.1, 0.15) is 5.75 Å². The molecule has 106 valence electrons. The molecule has 0 saturated carbocycles. The van der Waals surface area contributed by atoms with Crippen molar-refractivity contribution in [1.29, 1.82) is 0 Å². The molecule has 2 nitrogen and oxygen atoms in total. The molecule has 1 N–H and O–H groups in total. The van der Waals surface area contributed by atoms with E-state index in [2.05, 4.69) is 36.5 Å². The fourth-order valence-corrected chi connectivity index (χ4v) is 2.41. The van der Waals surface area contributed by atoms with Gasteiger partial charge in [0.2, 0.25) is 0 Å².